The summed E-state index contributed by atoms with van der Waals surface area (Å²) >= 11 is 4.78. The maximum atomic E-state index is 9.42. The first-order chi connectivity index (χ1) is 6.69. The zero-order valence-electron chi connectivity index (χ0n) is 7.84. The number of benzene rings is 1. The van der Waals surface area contributed by atoms with Crippen molar-refractivity contribution in [3.63, 3.8) is 0 Å². The number of hydrogen-bond acceptors (Lipinski definition) is 2. The molecule has 1 N–H and O–H groups in total. The lowest BCUT2D eigenvalue weighted by Gasteiger charge is -2.10. The Balaban J connectivity index is 2.88. The van der Waals surface area contributed by atoms with Crippen LogP contribution in [0, 0.1) is 0 Å². The summed E-state index contributed by atoms with van der Waals surface area (Å²) in [6.07, 6.45) is 1.13. The average molecular weight is 418 g/mol. The molecule has 1 aromatic carbocycles. The Labute approximate surface area is 111 Å². The summed E-state index contributed by atoms with van der Waals surface area (Å²) in [5.74, 6) is 0.756. The molecule has 4 heteroatoms. The van der Waals surface area contributed by atoms with Crippen LogP contribution in [0.15, 0.2) is 18.2 Å². The molecule has 0 spiro atoms. The minimum Gasteiger partial charge on any atom is -0.504 e. The monoisotopic (exact) mass is 418 g/mol. The maximum absolute atomic E-state index is 9.42. The molecule has 0 bridgehead atoms. The molecule has 1 rings (SSSR count). The minimum absolute atomic E-state index is 0.203. The predicted molar refractivity (Wildman–Crippen MR) is 74.9 cm³/mol. The topological polar surface area (TPSA) is 29.5 Å². The minimum atomic E-state index is 0.203. The van der Waals surface area contributed by atoms with Crippen LogP contribution in [0.1, 0.15) is 15.9 Å². The van der Waals surface area contributed by atoms with Crippen LogP contribution in [-0.2, 0) is 0 Å². The summed E-state index contributed by atoms with van der Waals surface area (Å²) < 4.78 is 6.68. The number of phenolic OH excluding ortho intramolecular Hbond substituents is 1. The average Bonchev–Trinajstić information content (AvgIpc) is 2.19. The molecule has 0 amide bonds. The molecule has 0 aromatic heterocycles. The first-order valence-electron chi connectivity index (χ1n) is 4.26. The molecule has 0 aliphatic heterocycles. The Kier molecular flexibility index (Phi) is 5.29. The van der Waals surface area contributed by atoms with Crippen molar-refractivity contribution in [1.82, 2.24) is 0 Å². The van der Waals surface area contributed by atoms with Gasteiger partial charge >= 0.3 is 0 Å². The fourth-order valence-electron chi connectivity index (χ4n) is 1.15. The molecule has 0 aliphatic carbocycles. The van der Waals surface area contributed by atoms with Crippen molar-refractivity contribution in [2.75, 3.05) is 11.5 Å². The molecule has 0 fully saturated rings. The van der Waals surface area contributed by atoms with Gasteiger partial charge in [0, 0.05) is 8.35 Å². The van der Waals surface area contributed by atoms with Crippen molar-refractivity contribution in [1.29, 1.82) is 0 Å². The van der Waals surface area contributed by atoms with Crippen LogP contribution in [0.4, 0.5) is 0 Å². The second-order valence-electron chi connectivity index (χ2n) is 2.88. The standard InChI is InChI=1S/C10H12I2O2/c1-14-10-6-7(2-3-9(10)13)8(12)4-5-11/h2-3,6,8,13H,4-5H2,1H3. The van der Waals surface area contributed by atoms with Crippen LogP contribution in [0.2, 0.25) is 0 Å². The maximum Gasteiger partial charge on any atom is 0.160 e. The number of aromatic hydroxyl groups is 1. The van der Waals surface area contributed by atoms with Gasteiger partial charge in [-0.25, -0.2) is 0 Å². The van der Waals surface area contributed by atoms with E-state index in [2.05, 4.69) is 45.2 Å². The fraction of sp³-hybridized carbons (Fsp3) is 0.400. The van der Waals surface area contributed by atoms with E-state index >= 15 is 0 Å². The van der Waals surface area contributed by atoms with E-state index in [9.17, 15) is 5.11 Å². The number of rotatable bonds is 4. The SMILES string of the molecule is COc1cc(C(I)CCI)ccc1O. The number of hydrogen-bond donors (Lipinski definition) is 1. The summed E-state index contributed by atoms with van der Waals surface area (Å²) in [5, 5.41) is 9.42. The third-order valence-electron chi connectivity index (χ3n) is 1.93. The van der Waals surface area contributed by atoms with Crippen molar-refractivity contribution in [2.24, 2.45) is 0 Å². The number of halogens is 2. The van der Waals surface area contributed by atoms with Crippen molar-refractivity contribution >= 4 is 45.2 Å². The summed E-state index contributed by atoms with van der Waals surface area (Å²) in [7, 11) is 1.57. The van der Waals surface area contributed by atoms with E-state index in [1.165, 1.54) is 5.56 Å². The van der Waals surface area contributed by atoms with Gasteiger partial charge in [0.2, 0.25) is 0 Å². The van der Waals surface area contributed by atoms with Crippen molar-refractivity contribution in [3.05, 3.63) is 23.8 Å². The third kappa shape index (κ3) is 3.15. The van der Waals surface area contributed by atoms with Crippen molar-refractivity contribution in [3.8, 4) is 11.5 Å². The lowest BCUT2D eigenvalue weighted by molar-refractivity contribution is 0.373. The molecule has 2 nitrogen and oxygen atoms in total. The van der Waals surface area contributed by atoms with E-state index in [1.54, 1.807) is 13.2 Å². The Morgan fingerprint density at radius 1 is 1.50 bits per heavy atom. The van der Waals surface area contributed by atoms with Gasteiger partial charge in [-0.15, -0.1) is 0 Å². The summed E-state index contributed by atoms with van der Waals surface area (Å²) in [5.41, 5.74) is 1.21. The van der Waals surface area contributed by atoms with Gasteiger partial charge in [-0.1, -0.05) is 51.2 Å². The predicted octanol–water partition coefficient (Wildman–Crippen LogP) is 3.70. The van der Waals surface area contributed by atoms with Gasteiger partial charge < -0.3 is 9.84 Å². The van der Waals surface area contributed by atoms with E-state index in [1.807, 2.05) is 12.1 Å². The largest absolute Gasteiger partial charge is 0.504 e. The molecule has 0 aliphatic rings. The molecule has 0 heterocycles. The third-order valence-corrected chi connectivity index (χ3v) is 3.89. The van der Waals surface area contributed by atoms with Gasteiger partial charge in [0.05, 0.1) is 7.11 Å². The Hall–Kier alpha value is 0.280. The van der Waals surface area contributed by atoms with Gasteiger partial charge in [0.1, 0.15) is 0 Å². The lowest BCUT2D eigenvalue weighted by atomic mass is 10.1. The van der Waals surface area contributed by atoms with Crippen LogP contribution < -0.4 is 4.74 Å². The highest BCUT2D eigenvalue weighted by atomic mass is 127. The molecule has 1 aromatic rings. The Morgan fingerprint density at radius 3 is 2.79 bits per heavy atom. The summed E-state index contributed by atoms with van der Waals surface area (Å²) in [4.78, 5) is 0. The Morgan fingerprint density at radius 2 is 2.21 bits per heavy atom. The van der Waals surface area contributed by atoms with Crippen molar-refractivity contribution in [2.45, 2.75) is 10.3 Å². The summed E-state index contributed by atoms with van der Waals surface area (Å²) in [6.45, 7) is 0. The molecule has 1 unspecified atom stereocenters. The smallest absolute Gasteiger partial charge is 0.160 e. The Bertz CT molecular complexity index is 302. The van der Waals surface area contributed by atoms with Crippen molar-refractivity contribution < 1.29 is 9.84 Å². The zero-order valence-corrected chi connectivity index (χ0v) is 12.2. The number of methoxy groups -OCH3 is 1. The van der Waals surface area contributed by atoms with E-state index in [0.29, 0.717) is 9.67 Å². The van der Waals surface area contributed by atoms with E-state index in [4.69, 9.17) is 4.74 Å². The molecule has 0 saturated carbocycles. The highest BCUT2D eigenvalue weighted by Crippen LogP contribution is 2.34. The van der Waals surface area contributed by atoms with E-state index < -0.39 is 0 Å². The van der Waals surface area contributed by atoms with Crippen LogP contribution in [-0.4, -0.2) is 16.6 Å². The van der Waals surface area contributed by atoms with E-state index in [-0.39, 0.29) is 5.75 Å². The normalized spacial score (nSPS) is 12.5. The highest BCUT2D eigenvalue weighted by Gasteiger charge is 2.09. The quantitative estimate of drug-likeness (QED) is 0.597. The number of ether oxygens (including phenoxy) is 1. The number of phenols is 1. The number of alkyl halides is 2. The second-order valence-corrected chi connectivity index (χ2v) is 5.46. The van der Waals surface area contributed by atoms with Gasteiger partial charge in [-0.2, -0.15) is 0 Å². The highest BCUT2D eigenvalue weighted by molar-refractivity contribution is 14.1. The molecular formula is C10H12I2O2. The first-order valence-corrected chi connectivity index (χ1v) is 7.03. The molecule has 14 heavy (non-hydrogen) atoms. The zero-order chi connectivity index (χ0) is 10.6. The van der Waals surface area contributed by atoms with E-state index in [0.717, 1.165) is 10.8 Å². The van der Waals surface area contributed by atoms with Gasteiger partial charge in [0.25, 0.3) is 0 Å². The van der Waals surface area contributed by atoms with Crippen LogP contribution in [0.5, 0.6) is 11.5 Å². The van der Waals surface area contributed by atoms with Crippen LogP contribution in [0.3, 0.4) is 0 Å². The van der Waals surface area contributed by atoms with Gasteiger partial charge in [-0.05, 0) is 24.1 Å². The lowest BCUT2D eigenvalue weighted by Crippen LogP contribution is -1.92. The van der Waals surface area contributed by atoms with Gasteiger partial charge in [0.15, 0.2) is 11.5 Å². The first kappa shape index (κ1) is 12.4. The summed E-state index contributed by atoms with van der Waals surface area (Å²) in [6, 6.07) is 5.53. The van der Waals surface area contributed by atoms with Crippen LogP contribution in [0.25, 0.3) is 0 Å². The molecule has 0 saturated heterocycles. The molecule has 1 atom stereocenters. The molecule has 0 radical (unpaired) electrons. The fourth-order valence-corrected chi connectivity index (χ4v) is 3.66. The van der Waals surface area contributed by atoms with Crippen LogP contribution >= 0.6 is 45.2 Å². The molecule has 78 valence electrons. The second kappa shape index (κ2) is 5.99. The van der Waals surface area contributed by atoms with Gasteiger partial charge in [-0.3, -0.25) is 0 Å². The molecular weight excluding hydrogens is 406 g/mol.